The molecule has 1 N–H and O–H groups in total. The monoisotopic (exact) mass is 291 g/mol. The number of carbonyl (C=O) groups excluding carboxylic acids is 1. The van der Waals surface area contributed by atoms with Gasteiger partial charge in [0.1, 0.15) is 0 Å². The molecule has 0 spiro atoms. The van der Waals surface area contributed by atoms with Gasteiger partial charge < -0.3 is 10.1 Å². The number of rotatable bonds is 6. The van der Waals surface area contributed by atoms with Crippen LogP contribution in [0.5, 0.6) is 0 Å². The maximum Gasteiger partial charge on any atom is 0.220 e. The van der Waals surface area contributed by atoms with Crippen LogP contribution in [0.3, 0.4) is 0 Å². The highest BCUT2D eigenvalue weighted by molar-refractivity contribution is 5.75. The predicted molar refractivity (Wildman–Crippen MR) is 79.8 cm³/mol. The summed E-state index contributed by atoms with van der Waals surface area (Å²) in [7, 11) is 0. The van der Waals surface area contributed by atoms with Crippen molar-refractivity contribution in [3.8, 4) is 0 Å². The summed E-state index contributed by atoms with van der Waals surface area (Å²) < 4.78 is 7.42. The fraction of sp³-hybridized carbons (Fsp3) is 0.750. The lowest BCUT2D eigenvalue weighted by Crippen LogP contribution is -2.28. The lowest BCUT2D eigenvalue weighted by Gasteiger charge is -2.15. The van der Waals surface area contributed by atoms with Gasteiger partial charge in [-0.1, -0.05) is 25.7 Å². The van der Waals surface area contributed by atoms with Gasteiger partial charge in [0.2, 0.25) is 5.91 Å². The number of nitrogens with one attached hydrogen (secondary N) is 1. The van der Waals surface area contributed by atoms with Crippen LogP contribution >= 0.6 is 0 Å². The molecule has 1 saturated carbocycles. The van der Waals surface area contributed by atoms with E-state index in [9.17, 15) is 4.79 Å². The second-order valence-electron chi connectivity index (χ2n) is 6.18. The zero-order valence-electron chi connectivity index (χ0n) is 12.6. The SMILES string of the molecule is O=C(CCC1CCCC1)NCCn1ncc2c1CCOC2. The number of fused-ring (bicyclic) bond motifs is 1. The van der Waals surface area contributed by atoms with Gasteiger partial charge in [-0.3, -0.25) is 9.48 Å². The van der Waals surface area contributed by atoms with Crippen LogP contribution in [0.15, 0.2) is 6.20 Å². The zero-order valence-corrected chi connectivity index (χ0v) is 12.6. The third-order valence-corrected chi connectivity index (χ3v) is 4.68. The summed E-state index contributed by atoms with van der Waals surface area (Å²) in [5, 5.41) is 7.41. The average molecular weight is 291 g/mol. The molecule has 0 unspecified atom stereocenters. The van der Waals surface area contributed by atoms with Crippen LogP contribution in [0.4, 0.5) is 0 Å². The first-order valence-electron chi connectivity index (χ1n) is 8.21. The predicted octanol–water partition coefficient (Wildman–Crippen LogP) is 2.04. The van der Waals surface area contributed by atoms with Gasteiger partial charge in [-0.15, -0.1) is 0 Å². The van der Waals surface area contributed by atoms with Crippen LogP contribution in [0, 0.1) is 5.92 Å². The molecule has 0 saturated heterocycles. The maximum absolute atomic E-state index is 11.9. The van der Waals surface area contributed by atoms with Crippen LogP contribution in [0.2, 0.25) is 0 Å². The van der Waals surface area contributed by atoms with Gasteiger partial charge in [0, 0.05) is 30.6 Å². The van der Waals surface area contributed by atoms with E-state index in [1.165, 1.54) is 36.9 Å². The van der Waals surface area contributed by atoms with Crippen molar-refractivity contribution in [3.63, 3.8) is 0 Å². The van der Waals surface area contributed by atoms with Gasteiger partial charge in [0.25, 0.3) is 0 Å². The summed E-state index contributed by atoms with van der Waals surface area (Å²) in [5.74, 6) is 0.972. The van der Waals surface area contributed by atoms with Gasteiger partial charge >= 0.3 is 0 Å². The van der Waals surface area contributed by atoms with E-state index in [-0.39, 0.29) is 5.91 Å². The molecule has 0 aromatic carbocycles. The first-order chi connectivity index (χ1) is 10.3. The fourth-order valence-corrected chi connectivity index (χ4v) is 3.43. The molecular formula is C16H25N3O2. The van der Waals surface area contributed by atoms with Crippen molar-refractivity contribution in [2.45, 2.75) is 58.1 Å². The molecule has 1 aliphatic heterocycles. The summed E-state index contributed by atoms with van der Waals surface area (Å²) >= 11 is 0. The van der Waals surface area contributed by atoms with E-state index in [1.807, 2.05) is 10.9 Å². The molecule has 1 aromatic heterocycles. The molecular weight excluding hydrogens is 266 g/mol. The van der Waals surface area contributed by atoms with Crippen LogP contribution < -0.4 is 5.32 Å². The Morgan fingerprint density at radius 1 is 1.43 bits per heavy atom. The highest BCUT2D eigenvalue weighted by atomic mass is 16.5. The molecule has 0 bridgehead atoms. The van der Waals surface area contributed by atoms with Crippen LogP contribution in [0.25, 0.3) is 0 Å². The largest absolute Gasteiger partial charge is 0.376 e. The van der Waals surface area contributed by atoms with Gasteiger partial charge in [0.05, 0.1) is 26.0 Å². The number of aromatic nitrogens is 2. The van der Waals surface area contributed by atoms with Crippen LogP contribution in [-0.2, 0) is 29.1 Å². The summed E-state index contributed by atoms with van der Waals surface area (Å²) in [6.07, 6.45) is 9.86. The Hall–Kier alpha value is -1.36. The second kappa shape index (κ2) is 7.07. The Morgan fingerprint density at radius 3 is 3.14 bits per heavy atom. The van der Waals surface area contributed by atoms with Crippen molar-refractivity contribution >= 4 is 5.91 Å². The summed E-state index contributed by atoms with van der Waals surface area (Å²) in [4.78, 5) is 11.9. The first-order valence-corrected chi connectivity index (χ1v) is 8.21. The van der Waals surface area contributed by atoms with E-state index < -0.39 is 0 Å². The van der Waals surface area contributed by atoms with E-state index in [4.69, 9.17) is 4.74 Å². The zero-order chi connectivity index (χ0) is 14.5. The van der Waals surface area contributed by atoms with E-state index >= 15 is 0 Å². The van der Waals surface area contributed by atoms with E-state index in [0.717, 1.165) is 31.9 Å². The van der Waals surface area contributed by atoms with Crippen molar-refractivity contribution in [2.75, 3.05) is 13.2 Å². The summed E-state index contributed by atoms with van der Waals surface area (Å²) in [6.45, 7) is 2.86. The minimum atomic E-state index is 0.186. The number of nitrogens with zero attached hydrogens (tertiary/aromatic N) is 2. The topological polar surface area (TPSA) is 56.2 Å². The normalized spacial score (nSPS) is 18.7. The average Bonchev–Trinajstić information content (AvgIpc) is 3.15. The second-order valence-corrected chi connectivity index (χ2v) is 6.18. The van der Waals surface area contributed by atoms with Gasteiger partial charge in [-0.25, -0.2) is 0 Å². The van der Waals surface area contributed by atoms with Crippen molar-refractivity contribution in [1.29, 1.82) is 0 Å². The molecule has 116 valence electrons. The molecule has 1 aliphatic carbocycles. The van der Waals surface area contributed by atoms with E-state index in [0.29, 0.717) is 19.6 Å². The Morgan fingerprint density at radius 2 is 2.29 bits per heavy atom. The van der Waals surface area contributed by atoms with Crippen molar-refractivity contribution in [2.24, 2.45) is 5.92 Å². The Labute approximate surface area is 126 Å². The highest BCUT2D eigenvalue weighted by Gasteiger charge is 2.17. The summed E-state index contributed by atoms with van der Waals surface area (Å²) in [5.41, 5.74) is 2.45. The van der Waals surface area contributed by atoms with Gasteiger partial charge in [-0.2, -0.15) is 5.10 Å². The van der Waals surface area contributed by atoms with Crippen molar-refractivity contribution < 1.29 is 9.53 Å². The minimum Gasteiger partial charge on any atom is -0.376 e. The Kier molecular flexibility index (Phi) is 4.91. The molecule has 0 atom stereocenters. The molecule has 3 rings (SSSR count). The molecule has 5 nitrogen and oxygen atoms in total. The van der Waals surface area contributed by atoms with Crippen LogP contribution in [0.1, 0.15) is 49.8 Å². The number of hydrogen-bond donors (Lipinski definition) is 1. The number of carbonyl (C=O) groups is 1. The lowest BCUT2D eigenvalue weighted by atomic mass is 10.0. The lowest BCUT2D eigenvalue weighted by molar-refractivity contribution is -0.121. The Balaban J connectivity index is 1.37. The number of hydrogen-bond acceptors (Lipinski definition) is 3. The van der Waals surface area contributed by atoms with E-state index in [2.05, 4.69) is 10.4 Å². The third-order valence-electron chi connectivity index (χ3n) is 4.68. The van der Waals surface area contributed by atoms with Gasteiger partial charge in [0.15, 0.2) is 0 Å². The standard InChI is InChI=1S/C16H25N3O2/c20-16(6-5-13-3-1-2-4-13)17-8-9-19-15-7-10-21-12-14(15)11-18-19/h11,13H,1-10,12H2,(H,17,20). The number of ether oxygens (including phenoxy) is 1. The molecule has 1 aromatic rings. The maximum atomic E-state index is 11.9. The Bertz CT molecular complexity index is 478. The minimum absolute atomic E-state index is 0.186. The van der Waals surface area contributed by atoms with E-state index in [1.54, 1.807) is 0 Å². The molecule has 21 heavy (non-hydrogen) atoms. The molecule has 5 heteroatoms. The van der Waals surface area contributed by atoms with Crippen molar-refractivity contribution in [1.82, 2.24) is 15.1 Å². The summed E-state index contributed by atoms with van der Waals surface area (Å²) in [6, 6.07) is 0. The fourth-order valence-electron chi connectivity index (χ4n) is 3.43. The quantitative estimate of drug-likeness (QED) is 0.872. The highest BCUT2D eigenvalue weighted by Crippen LogP contribution is 2.28. The van der Waals surface area contributed by atoms with Crippen LogP contribution in [-0.4, -0.2) is 28.8 Å². The van der Waals surface area contributed by atoms with Gasteiger partial charge in [-0.05, 0) is 12.3 Å². The molecule has 0 radical (unpaired) electrons. The number of amides is 1. The molecule has 2 heterocycles. The molecule has 1 fully saturated rings. The smallest absolute Gasteiger partial charge is 0.220 e. The molecule has 2 aliphatic rings. The third kappa shape index (κ3) is 3.84. The van der Waals surface area contributed by atoms with Crippen molar-refractivity contribution in [3.05, 3.63) is 17.5 Å². The molecule has 1 amide bonds. The first kappa shape index (κ1) is 14.6.